The molecule has 0 fully saturated rings. The molecule has 46 heavy (non-hydrogen) atoms. The molecule has 0 spiro atoms. The van der Waals surface area contributed by atoms with Crippen LogP contribution in [0.25, 0.3) is 32.9 Å². The molecular formula is C32H29ClN2O11. The number of carbonyl (C=O) groups is 1. The number of fused-ring (bicyclic) bond motifs is 6. The maximum Gasteiger partial charge on any atom is 0.282 e. The van der Waals surface area contributed by atoms with Crippen LogP contribution in [0.5, 0.6) is 17.2 Å². The summed E-state index contributed by atoms with van der Waals surface area (Å²) in [7, 11) is 2.77. The molecule has 2 aromatic heterocycles. The average Bonchev–Trinajstić information content (AvgIpc) is 3.02. The Morgan fingerprint density at radius 2 is 1.80 bits per heavy atom. The zero-order valence-electron chi connectivity index (χ0n) is 25.4. The van der Waals surface area contributed by atoms with Crippen molar-refractivity contribution in [1.29, 1.82) is 0 Å². The number of aromatic nitrogens is 1. The fourth-order valence-electron chi connectivity index (χ4n) is 6.82. The van der Waals surface area contributed by atoms with Crippen LogP contribution in [0, 0.1) is 6.92 Å². The fraction of sp³-hybridized carbons (Fsp3) is 0.375. The Bertz CT molecular complexity index is 2180. The van der Waals surface area contributed by atoms with Crippen LogP contribution in [-0.4, -0.2) is 58.6 Å². The van der Waals surface area contributed by atoms with Gasteiger partial charge in [0.05, 0.1) is 40.0 Å². The van der Waals surface area contributed by atoms with E-state index >= 15 is 0 Å². The molecule has 0 bridgehead atoms. The lowest BCUT2D eigenvalue weighted by Crippen LogP contribution is -2.34. The van der Waals surface area contributed by atoms with Crippen LogP contribution >= 0.6 is 11.6 Å². The number of methoxy groups -OCH3 is 2. The third-order valence-electron chi connectivity index (χ3n) is 9.16. The molecule has 0 unspecified atom stereocenters. The number of aliphatic hydroxyl groups excluding tert-OH is 1. The van der Waals surface area contributed by atoms with E-state index in [0.717, 1.165) is 4.68 Å². The summed E-state index contributed by atoms with van der Waals surface area (Å²) in [5.41, 5.74) is -0.198. The van der Waals surface area contributed by atoms with Crippen LogP contribution in [0.15, 0.2) is 25.2 Å². The second-order valence-electron chi connectivity index (χ2n) is 11.6. The van der Waals surface area contributed by atoms with Crippen molar-refractivity contribution in [1.82, 2.24) is 4.68 Å². The van der Waals surface area contributed by atoms with Gasteiger partial charge in [-0.3, -0.25) is 14.4 Å². The number of hydrogen-bond acceptors (Lipinski definition) is 12. The summed E-state index contributed by atoms with van der Waals surface area (Å²) in [5, 5.41) is 38.6. The highest BCUT2D eigenvalue weighted by molar-refractivity contribution is 6.38. The van der Waals surface area contributed by atoms with Gasteiger partial charge in [-0.25, -0.2) is 0 Å². The van der Waals surface area contributed by atoms with Crippen molar-refractivity contribution in [3.63, 3.8) is 0 Å². The van der Waals surface area contributed by atoms with E-state index in [4.69, 9.17) is 35.0 Å². The third kappa shape index (κ3) is 4.02. The fourth-order valence-corrected chi connectivity index (χ4v) is 7.05. The highest BCUT2D eigenvalue weighted by Gasteiger charge is 2.44. The van der Waals surface area contributed by atoms with Crippen LogP contribution in [0.3, 0.4) is 0 Å². The molecule has 0 saturated heterocycles. The number of phenolic OH excluding ortho intramolecular Hbond substituents is 2. The molecule has 14 heteroatoms. The standard InChI is InChI=1S/C32H29ClN2O11/c1-10(12(3)36)34-35-11(2)24(33)14-6-13-7-17-20-22(18(13)25(38)19(14)32(35)41)27(40)23-26(39)21-16(42-4)8-15(37)28(43-5)30(21)46-31(23)29(20)45-9-44-17/h6,15-17,28,37-38,40H,7-9H2,1-5H3/b34-10-/t15-,16+,17+,28+/m0/s1. The number of pyridine rings is 1. The van der Waals surface area contributed by atoms with E-state index in [0.29, 0.717) is 11.1 Å². The molecule has 3 aliphatic rings. The summed E-state index contributed by atoms with van der Waals surface area (Å²) in [6.45, 7) is 4.12. The van der Waals surface area contributed by atoms with Gasteiger partial charge in [-0.1, -0.05) is 11.6 Å². The van der Waals surface area contributed by atoms with Crippen LogP contribution in [-0.2, 0) is 25.4 Å². The van der Waals surface area contributed by atoms with Gasteiger partial charge in [-0.15, -0.1) is 0 Å². The second kappa shape index (κ2) is 10.6. The molecule has 3 N–H and O–H groups in total. The van der Waals surface area contributed by atoms with E-state index in [2.05, 4.69) is 5.10 Å². The highest BCUT2D eigenvalue weighted by Crippen LogP contribution is 2.58. The quantitative estimate of drug-likeness (QED) is 0.271. The van der Waals surface area contributed by atoms with E-state index in [9.17, 15) is 29.7 Å². The first-order chi connectivity index (χ1) is 21.9. The molecule has 4 aromatic rings. The van der Waals surface area contributed by atoms with Crippen molar-refractivity contribution >= 4 is 44.8 Å². The summed E-state index contributed by atoms with van der Waals surface area (Å²) in [6.07, 6.45) is -3.36. The summed E-state index contributed by atoms with van der Waals surface area (Å²) < 4.78 is 30.0. The molecule has 3 heterocycles. The van der Waals surface area contributed by atoms with Gasteiger partial charge >= 0.3 is 0 Å². The predicted molar refractivity (Wildman–Crippen MR) is 165 cm³/mol. The minimum Gasteiger partial charge on any atom is -0.506 e. The number of Topliss-reactive ketones (excluding diaryl/α,β-unsaturated/α-hetero) is 1. The number of ketones is 1. The van der Waals surface area contributed by atoms with Gasteiger partial charge in [0.2, 0.25) is 5.43 Å². The van der Waals surface area contributed by atoms with Gasteiger partial charge in [-0.05, 0) is 25.5 Å². The van der Waals surface area contributed by atoms with Crippen LogP contribution in [0.4, 0.5) is 0 Å². The first-order valence-corrected chi connectivity index (χ1v) is 14.8. The van der Waals surface area contributed by atoms with Crippen molar-refractivity contribution in [2.75, 3.05) is 21.0 Å². The number of phenols is 2. The predicted octanol–water partition coefficient (Wildman–Crippen LogP) is 4.06. The molecule has 240 valence electrons. The molecule has 2 aliphatic carbocycles. The lowest BCUT2D eigenvalue weighted by molar-refractivity contribution is -0.111. The zero-order chi connectivity index (χ0) is 32.9. The van der Waals surface area contributed by atoms with E-state index in [1.807, 2.05) is 0 Å². The van der Waals surface area contributed by atoms with Gasteiger partial charge in [0.25, 0.3) is 5.56 Å². The van der Waals surface area contributed by atoms with E-state index < -0.39 is 46.9 Å². The molecule has 13 nitrogen and oxygen atoms in total. The Hall–Kier alpha value is -4.27. The number of aliphatic hydroxyl groups is 1. The average molecular weight is 653 g/mol. The number of hydrogen-bond donors (Lipinski definition) is 3. The second-order valence-corrected chi connectivity index (χ2v) is 12.0. The highest BCUT2D eigenvalue weighted by atomic mass is 35.5. The largest absolute Gasteiger partial charge is 0.506 e. The zero-order valence-corrected chi connectivity index (χ0v) is 26.1. The topological polar surface area (TPSA) is 179 Å². The van der Waals surface area contributed by atoms with Crippen LogP contribution < -0.4 is 15.7 Å². The summed E-state index contributed by atoms with van der Waals surface area (Å²) in [4.78, 5) is 40.0. The molecule has 0 amide bonds. The summed E-state index contributed by atoms with van der Waals surface area (Å²) in [5.74, 6) is -1.25. The van der Waals surface area contributed by atoms with Gasteiger partial charge in [-0.2, -0.15) is 9.78 Å². The Balaban J connectivity index is 1.61. The summed E-state index contributed by atoms with van der Waals surface area (Å²) in [6, 6.07) is 1.64. The number of halogens is 1. The van der Waals surface area contributed by atoms with Crippen LogP contribution in [0.1, 0.15) is 66.7 Å². The Kier molecular flexibility index (Phi) is 7.03. The first-order valence-electron chi connectivity index (χ1n) is 14.4. The van der Waals surface area contributed by atoms with Crippen LogP contribution in [0.2, 0.25) is 5.02 Å². The Morgan fingerprint density at radius 1 is 1.09 bits per heavy atom. The third-order valence-corrected chi connectivity index (χ3v) is 9.64. The van der Waals surface area contributed by atoms with Gasteiger partial charge in [0.1, 0.15) is 34.5 Å². The van der Waals surface area contributed by atoms with Crippen molar-refractivity contribution in [3.05, 3.63) is 59.8 Å². The lowest BCUT2D eigenvalue weighted by atomic mass is 9.79. The molecule has 0 saturated carbocycles. The molecular weight excluding hydrogens is 624 g/mol. The maximum atomic E-state index is 14.2. The molecule has 4 atom stereocenters. The molecule has 7 rings (SSSR count). The number of carbonyl (C=O) groups excluding carboxylic acids is 1. The van der Waals surface area contributed by atoms with Gasteiger partial charge in [0.15, 0.2) is 23.9 Å². The monoisotopic (exact) mass is 652 g/mol. The van der Waals surface area contributed by atoms with E-state index in [1.165, 1.54) is 28.1 Å². The van der Waals surface area contributed by atoms with Crippen molar-refractivity contribution in [2.45, 2.75) is 58.0 Å². The van der Waals surface area contributed by atoms with Gasteiger partial charge < -0.3 is 38.7 Å². The lowest BCUT2D eigenvalue weighted by Gasteiger charge is -2.36. The maximum absolute atomic E-state index is 14.2. The molecule has 2 aromatic carbocycles. The SMILES string of the molecule is CO[C@@H]1C[C@H](O)[C@@H](OC)c2oc3c4c5c(c(O)c3c(=O)c21)-c1c(cc2c(Cl)c(C)n(/N=C(/C)C(C)=O)c(=O)c2c1O)C[C@H]5OCO4. The number of aromatic hydroxyl groups is 2. The number of ether oxygens (including phenoxy) is 4. The van der Waals surface area contributed by atoms with Gasteiger partial charge in [0, 0.05) is 56.1 Å². The van der Waals surface area contributed by atoms with Crippen molar-refractivity contribution in [2.24, 2.45) is 5.10 Å². The van der Waals surface area contributed by atoms with Crippen molar-refractivity contribution < 1.29 is 43.5 Å². The number of rotatable bonds is 4. The minimum atomic E-state index is -1.04. The minimum absolute atomic E-state index is 0.0271. The first kappa shape index (κ1) is 30.4. The number of nitrogens with zero attached hydrogens (tertiary/aromatic N) is 2. The Morgan fingerprint density at radius 3 is 2.48 bits per heavy atom. The Labute approximate surface area is 265 Å². The number of benzene rings is 2. The summed E-state index contributed by atoms with van der Waals surface area (Å²) >= 11 is 6.73. The van der Waals surface area contributed by atoms with E-state index in [-0.39, 0.29) is 91.8 Å². The molecule has 1 aliphatic heterocycles. The van der Waals surface area contributed by atoms with E-state index in [1.54, 1.807) is 13.0 Å². The molecule has 0 radical (unpaired) electrons. The van der Waals surface area contributed by atoms with Crippen molar-refractivity contribution in [3.8, 4) is 28.4 Å². The smallest absolute Gasteiger partial charge is 0.282 e. The normalized spacial score (nSPS) is 21.9.